The van der Waals surface area contributed by atoms with Crippen molar-refractivity contribution >= 4 is 46.9 Å². The van der Waals surface area contributed by atoms with E-state index in [9.17, 15) is 4.79 Å². The molecule has 0 fully saturated rings. The molecule has 0 aliphatic rings. The number of nitrogens with zero attached hydrogens (tertiary/aromatic N) is 2. The normalized spacial score (nSPS) is 11.1. The van der Waals surface area contributed by atoms with Crippen LogP contribution >= 0.6 is 34.8 Å². The number of hydrogen-bond acceptors (Lipinski definition) is 2. The van der Waals surface area contributed by atoms with Gasteiger partial charge in [-0.1, -0.05) is 40.9 Å². The summed E-state index contributed by atoms with van der Waals surface area (Å²) in [5.74, 6) is -0.329. The van der Waals surface area contributed by atoms with E-state index in [-0.39, 0.29) is 5.91 Å². The zero-order chi connectivity index (χ0) is 19.6. The summed E-state index contributed by atoms with van der Waals surface area (Å²) >= 11 is 18.1. The predicted octanol–water partition coefficient (Wildman–Crippen LogP) is 5.82. The second kappa shape index (κ2) is 8.17. The molecule has 0 saturated heterocycles. The van der Waals surface area contributed by atoms with Crippen LogP contribution in [-0.2, 0) is 0 Å². The van der Waals surface area contributed by atoms with Gasteiger partial charge < -0.3 is 4.57 Å². The van der Waals surface area contributed by atoms with Crippen LogP contribution in [0.3, 0.4) is 0 Å². The molecule has 0 atom stereocenters. The molecule has 1 aromatic heterocycles. The van der Waals surface area contributed by atoms with Gasteiger partial charge in [0.25, 0.3) is 5.91 Å². The van der Waals surface area contributed by atoms with E-state index in [2.05, 4.69) is 10.5 Å². The Labute approximate surface area is 172 Å². The third-order valence-corrected chi connectivity index (χ3v) is 4.70. The number of rotatable bonds is 4. The minimum atomic E-state index is -0.329. The molecule has 0 unspecified atom stereocenters. The number of benzene rings is 2. The molecule has 0 saturated carbocycles. The molecule has 0 spiro atoms. The Balaban J connectivity index is 1.82. The van der Waals surface area contributed by atoms with Crippen LogP contribution in [0, 0.1) is 13.8 Å². The van der Waals surface area contributed by atoms with Gasteiger partial charge in [0.2, 0.25) is 0 Å². The van der Waals surface area contributed by atoms with Crippen molar-refractivity contribution in [3.05, 3.63) is 86.1 Å². The third kappa shape index (κ3) is 4.53. The highest BCUT2D eigenvalue weighted by molar-refractivity contribution is 6.34. The first-order valence-electron chi connectivity index (χ1n) is 8.09. The topological polar surface area (TPSA) is 46.4 Å². The Morgan fingerprint density at radius 2 is 1.70 bits per heavy atom. The van der Waals surface area contributed by atoms with E-state index in [1.807, 2.05) is 36.6 Å². The SMILES string of the molecule is Cc1cc(/C=N\NC(=O)c2cccc(Cl)c2)c(C)n1-c1cc(Cl)cc(Cl)c1. The van der Waals surface area contributed by atoms with Crippen molar-refractivity contribution in [2.24, 2.45) is 5.10 Å². The quantitative estimate of drug-likeness (QED) is 0.419. The molecule has 0 radical (unpaired) electrons. The maximum Gasteiger partial charge on any atom is 0.271 e. The molecule has 1 amide bonds. The number of amides is 1. The molecule has 0 aliphatic heterocycles. The van der Waals surface area contributed by atoms with Crippen molar-refractivity contribution in [3.8, 4) is 5.69 Å². The monoisotopic (exact) mass is 419 g/mol. The Hall–Kier alpha value is -2.27. The van der Waals surface area contributed by atoms with E-state index in [0.717, 1.165) is 22.6 Å². The van der Waals surface area contributed by atoms with E-state index in [1.54, 1.807) is 36.5 Å². The van der Waals surface area contributed by atoms with Crippen LogP contribution in [0.25, 0.3) is 5.69 Å². The lowest BCUT2D eigenvalue weighted by Crippen LogP contribution is -2.17. The molecular formula is C20H16Cl3N3O. The van der Waals surface area contributed by atoms with E-state index in [0.29, 0.717) is 20.6 Å². The lowest BCUT2D eigenvalue weighted by Gasteiger charge is -2.10. The molecule has 1 N–H and O–H groups in total. The van der Waals surface area contributed by atoms with Crippen LogP contribution in [0.15, 0.2) is 53.6 Å². The summed E-state index contributed by atoms with van der Waals surface area (Å²) < 4.78 is 2.03. The fourth-order valence-corrected chi connectivity index (χ4v) is 3.54. The summed E-state index contributed by atoms with van der Waals surface area (Å²) in [4.78, 5) is 12.1. The number of carbonyl (C=O) groups is 1. The average molecular weight is 421 g/mol. The highest BCUT2D eigenvalue weighted by Crippen LogP contribution is 2.26. The van der Waals surface area contributed by atoms with Crippen molar-refractivity contribution < 1.29 is 4.79 Å². The lowest BCUT2D eigenvalue weighted by atomic mass is 10.2. The number of nitrogens with one attached hydrogen (secondary N) is 1. The second-order valence-electron chi connectivity index (χ2n) is 6.00. The van der Waals surface area contributed by atoms with E-state index >= 15 is 0 Å². The predicted molar refractivity (Wildman–Crippen MR) is 112 cm³/mol. The number of hydrazone groups is 1. The lowest BCUT2D eigenvalue weighted by molar-refractivity contribution is 0.0955. The molecule has 1 heterocycles. The summed E-state index contributed by atoms with van der Waals surface area (Å²) in [6, 6.07) is 14.0. The van der Waals surface area contributed by atoms with E-state index in [1.165, 1.54) is 0 Å². The minimum Gasteiger partial charge on any atom is -0.318 e. The summed E-state index contributed by atoms with van der Waals surface area (Å²) in [6.45, 7) is 3.94. The van der Waals surface area contributed by atoms with Crippen LogP contribution in [0.1, 0.15) is 27.3 Å². The molecule has 0 bridgehead atoms. The highest BCUT2D eigenvalue weighted by Gasteiger charge is 2.11. The van der Waals surface area contributed by atoms with Gasteiger partial charge in [0, 0.05) is 43.3 Å². The van der Waals surface area contributed by atoms with Gasteiger partial charge in [-0.05, 0) is 56.3 Å². The first kappa shape index (κ1) is 19.5. The summed E-state index contributed by atoms with van der Waals surface area (Å²) in [6.07, 6.45) is 1.60. The second-order valence-corrected chi connectivity index (χ2v) is 7.31. The first-order valence-corrected chi connectivity index (χ1v) is 9.23. The Morgan fingerprint density at radius 1 is 1.00 bits per heavy atom. The molecule has 4 nitrogen and oxygen atoms in total. The van der Waals surface area contributed by atoms with Crippen LogP contribution in [0.4, 0.5) is 0 Å². The molecule has 2 aromatic carbocycles. The van der Waals surface area contributed by atoms with Crippen molar-refractivity contribution in [1.29, 1.82) is 0 Å². The average Bonchev–Trinajstić information content (AvgIpc) is 2.87. The van der Waals surface area contributed by atoms with Gasteiger partial charge in [-0.2, -0.15) is 5.10 Å². The summed E-state index contributed by atoms with van der Waals surface area (Å²) in [5, 5.41) is 5.68. The maximum absolute atomic E-state index is 12.1. The molecule has 27 heavy (non-hydrogen) atoms. The summed E-state index contributed by atoms with van der Waals surface area (Å²) in [7, 11) is 0. The molecular weight excluding hydrogens is 405 g/mol. The van der Waals surface area contributed by atoms with Gasteiger partial charge >= 0.3 is 0 Å². The zero-order valence-electron chi connectivity index (χ0n) is 14.6. The Bertz CT molecular complexity index is 1020. The number of halogens is 3. The van der Waals surface area contributed by atoms with Gasteiger partial charge in [-0.15, -0.1) is 0 Å². The number of aryl methyl sites for hydroxylation is 1. The van der Waals surface area contributed by atoms with Crippen LogP contribution in [0.2, 0.25) is 15.1 Å². The van der Waals surface area contributed by atoms with Crippen LogP contribution in [-0.4, -0.2) is 16.7 Å². The number of aromatic nitrogens is 1. The highest BCUT2D eigenvalue weighted by atomic mass is 35.5. The van der Waals surface area contributed by atoms with Crippen LogP contribution < -0.4 is 5.43 Å². The molecule has 7 heteroatoms. The van der Waals surface area contributed by atoms with E-state index < -0.39 is 0 Å². The van der Waals surface area contributed by atoms with E-state index in [4.69, 9.17) is 34.8 Å². The smallest absolute Gasteiger partial charge is 0.271 e. The Kier molecular flexibility index (Phi) is 5.90. The van der Waals surface area contributed by atoms with Crippen molar-refractivity contribution in [2.45, 2.75) is 13.8 Å². The van der Waals surface area contributed by atoms with Gasteiger partial charge in [0.05, 0.1) is 6.21 Å². The molecule has 3 aromatic rings. The summed E-state index contributed by atoms with van der Waals surface area (Å²) in [5.41, 5.74) is 6.63. The number of hydrogen-bond donors (Lipinski definition) is 1. The molecule has 138 valence electrons. The van der Waals surface area contributed by atoms with Crippen LogP contribution in [0.5, 0.6) is 0 Å². The number of carbonyl (C=O) groups excluding carboxylic acids is 1. The molecule has 0 aliphatic carbocycles. The van der Waals surface area contributed by atoms with Crippen molar-refractivity contribution in [2.75, 3.05) is 0 Å². The largest absolute Gasteiger partial charge is 0.318 e. The fraction of sp³-hybridized carbons (Fsp3) is 0.100. The third-order valence-electron chi connectivity index (χ3n) is 4.03. The van der Waals surface area contributed by atoms with Crippen molar-refractivity contribution in [1.82, 2.24) is 9.99 Å². The standard InChI is InChI=1S/C20H16Cl3N3O/c1-12-6-15(11-24-25-20(27)14-4-3-5-16(21)7-14)13(2)26(12)19-9-17(22)8-18(23)10-19/h3-11H,1-2H3,(H,25,27)/b24-11-. The maximum atomic E-state index is 12.1. The van der Waals surface area contributed by atoms with Gasteiger partial charge in [-0.3, -0.25) is 4.79 Å². The zero-order valence-corrected chi connectivity index (χ0v) is 16.9. The molecule has 3 rings (SSSR count). The van der Waals surface area contributed by atoms with Gasteiger partial charge in [-0.25, -0.2) is 5.43 Å². The minimum absolute atomic E-state index is 0.329. The van der Waals surface area contributed by atoms with Gasteiger partial charge in [0.15, 0.2) is 0 Å². The fourth-order valence-electron chi connectivity index (χ4n) is 2.84. The Morgan fingerprint density at radius 3 is 2.37 bits per heavy atom. The first-order chi connectivity index (χ1) is 12.8. The van der Waals surface area contributed by atoms with Gasteiger partial charge in [0.1, 0.15) is 0 Å². The van der Waals surface area contributed by atoms with Crippen molar-refractivity contribution in [3.63, 3.8) is 0 Å².